The summed E-state index contributed by atoms with van der Waals surface area (Å²) in [5.74, 6) is 1.87. The van der Waals surface area contributed by atoms with Crippen molar-refractivity contribution in [1.82, 2.24) is 15.0 Å². The molecule has 4 rings (SSSR count). The van der Waals surface area contributed by atoms with E-state index in [9.17, 15) is 4.79 Å². The van der Waals surface area contributed by atoms with Crippen LogP contribution in [0, 0.1) is 0 Å². The average Bonchev–Trinajstić information content (AvgIpc) is 2.82. The molecule has 0 bridgehead atoms. The number of esters is 1. The lowest BCUT2D eigenvalue weighted by atomic mass is 10.2. The van der Waals surface area contributed by atoms with Crippen molar-refractivity contribution < 1.29 is 9.53 Å². The maximum atomic E-state index is 11.8. The van der Waals surface area contributed by atoms with Crippen molar-refractivity contribution in [3.63, 3.8) is 0 Å². The Kier molecular flexibility index (Phi) is 6.11. The number of carbonyl (C=O) groups is 1. The Morgan fingerprint density at radius 1 is 1.03 bits per heavy atom. The van der Waals surface area contributed by atoms with E-state index >= 15 is 0 Å². The average molecular weight is 419 g/mol. The number of hydrogen-bond donors (Lipinski definition) is 2. The van der Waals surface area contributed by atoms with E-state index in [2.05, 4.69) is 30.1 Å². The van der Waals surface area contributed by atoms with Crippen molar-refractivity contribution in [1.29, 1.82) is 0 Å². The monoisotopic (exact) mass is 419 g/mol. The summed E-state index contributed by atoms with van der Waals surface area (Å²) >= 11 is 0. The summed E-state index contributed by atoms with van der Waals surface area (Å²) < 4.78 is 5.01. The van der Waals surface area contributed by atoms with Crippen LogP contribution in [0.25, 0.3) is 0 Å². The molecule has 3 N–H and O–H groups in total. The predicted molar refractivity (Wildman–Crippen MR) is 121 cm³/mol. The van der Waals surface area contributed by atoms with Gasteiger partial charge in [0.25, 0.3) is 0 Å². The van der Waals surface area contributed by atoms with E-state index in [4.69, 9.17) is 10.5 Å². The SMILES string of the molecule is CCOC(=O)c1ccc(Nc2ncnc(N3CCN(c4ccccn4)CC3)c2N)cc1. The van der Waals surface area contributed by atoms with E-state index in [1.165, 1.54) is 6.33 Å². The minimum absolute atomic E-state index is 0.342. The maximum Gasteiger partial charge on any atom is 0.338 e. The topological polar surface area (TPSA) is 109 Å². The molecule has 3 aromatic rings. The third kappa shape index (κ3) is 4.66. The highest BCUT2D eigenvalue weighted by Gasteiger charge is 2.22. The quantitative estimate of drug-likeness (QED) is 0.583. The van der Waals surface area contributed by atoms with Gasteiger partial charge < -0.3 is 25.6 Å². The first-order valence-corrected chi connectivity index (χ1v) is 10.2. The molecule has 3 heterocycles. The van der Waals surface area contributed by atoms with Gasteiger partial charge in [-0.15, -0.1) is 0 Å². The second-order valence-electron chi connectivity index (χ2n) is 7.04. The number of pyridine rings is 1. The lowest BCUT2D eigenvalue weighted by molar-refractivity contribution is 0.0526. The van der Waals surface area contributed by atoms with Gasteiger partial charge in [-0.05, 0) is 43.3 Å². The number of nitrogens with zero attached hydrogens (tertiary/aromatic N) is 5. The molecule has 0 unspecified atom stereocenters. The fourth-order valence-corrected chi connectivity index (χ4v) is 3.47. The molecule has 0 saturated carbocycles. The molecular formula is C22H25N7O2. The van der Waals surface area contributed by atoms with Gasteiger partial charge in [-0.1, -0.05) is 6.07 Å². The number of nitrogens with two attached hydrogens (primary N) is 1. The Bertz CT molecular complexity index is 1020. The molecule has 0 radical (unpaired) electrons. The number of rotatable bonds is 6. The van der Waals surface area contributed by atoms with Crippen LogP contribution in [0.15, 0.2) is 55.0 Å². The van der Waals surface area contributed by atoms with Gasteiger partial charge in [0.15, 0.2) is 11.6 Å². The minimum Gasteiger partial charge on any atom is -0.462 e. The van der Waals surface area contributed by atoms with E-state index in [0.717, 1.165) is 37.7 Å². The Morgan fingerprint density at radius 2 is 1.77 bits per heavy atom. The summed E-state index contributed by atoms with van der Waals surface area (Å²) in [6.45, 7) is 5.35. The van der Waals surface area contributed by atoms with Gasteiger partial charge in [0, 0.05) is 38.1 Å². The molecule has 1 aliphatic heterocycles. The van der Waals surface area contributed by atoms with Gasteiger partial charge in [-0.2, -0.15) is 0 Å². The zero-order chi connectivity index (χ0) is 21.6. The summed E-state index contributed by atoms with van der Waals surface area (Å²) in [5.41, 5.74) is 8.15. The van der Waals surface area contributed by atoms with Crippen LogP contribution in [0.2, 0.25) is 0 Å². The Balaban J connectivity index is 1.43. The number of piperazine rings is 1. The Labute approximate surface area is 180 Å². The third-order valence-corrected chi connectivity index (χ3v) is 5.07. The van der Waals surface area contributed by atoms with E-state index < -0.39 is 0 Å². The van der Waals surface area contributed by atoms with Crippen molar-refractivity contribution in [3.05, 3.63) is 60.6 Å². The largest absolute Gasteiger partial charge is 0.462 e. The molecule has 1 aliphatic rings. The summed E-state index contributed by atoms with van der Waals surface area (Å²) in [6, 6.07) is 12.9. The zero-order valence-corrected chi connectivity index (χ0v) is 17.4. The third-order valence-electron chi connectivity index (χ3n) is 5.07. The summed E-state index contributed by atoms with van der Waals surface area (Å²) in [5, 5.41) is 3.21. The molecule has 0 atom stereocenters. The van der Waals surface area contributed by atoms with E-state index in [1.54, 1.807) is 37.4 Å². The van der Waals surface area contributed by atoms with Crippen LogP contribution < -0.4 is 20.9 Å². The van der Waals surface area contributed by atoms with Gasteiger partial charge >= 0.3 is 5.97 Å². The maximum absolute atomic E-state index is 11.8. The zero-order valence-electron chi connectivity index (χ0n) is 17.4. The molecule has 31 heavy (non-hydrogen) atoms. The second-order valence-corrected chi connectivity index (χ2v) is 7.04. The van der Waals surface area contributed by atoms with E-state index in [-0.39, 0.29) is 5.97 Å². The van der Waals surface area contributed by atoms with Crippen molar-refractivity contribution in [3.8, 4) is 0 Å². The molecule has 0 amide bonds. The Morgan fingerprint density at radius 3 is 2.45 bits per heavy atom. The number of carbonyl (C=O) groups excluding carboxylic acids is 1. The molecule has 160 valence electrons. The molecular weight excluding hydrogens is 394 g/mol. The van der Waals surface area contributed by atoms with Gasteiger partial charge in [0.2, 0.25) is 0 Å². The van der Waals surface area contributed by atoms with Gasteiger partial charge in [-0.3, -0.25) is 0 Å². The highest BCUT2D eigenvalue weighted by molar-refractivity contribution is 5.90. The van der Waals surface area contributed by atoms with Crippen LogP contribution in [0.3, 0.4) is 0 Å². The van der Waals surface area contributed by atoms with E-state index in [1.807, 2.05) is 18.2 Å². The van der Waals surface area contributed by atoms with Crippen molar-refractivity contribution in [2.24, 2.45) is 0 Å². The summed E-state index contributed by atoms with van der Waals surface area (Å²) in [7, 11) is 0. The molecule has 1 aromatic carbocycles. The van der Waals surface area contributed by atoms with Crippen molar-refractivity contribution in [2.75, 3.05) is 53.6 Å². The predicted octanol–water partition coefficient (Wildman–Crippen LogP) is 2.70. The molecule has 0 aliphatic carbocycles. The van der Waals surface area contributed by atoms with Gasteiger partial charge in [0.1, 0.15) is 17.8 Å². The van der Waals surface area contributed by atoms with Crippen LogP contribution in [0.4, 0.5) is 28.8 Å². The van der Waals surface area contributed by atoms with Crippen LogP contribution in [0.5, 0.6) is 0 Å². The van der Waals surface area contributed by atoms with Crippen molar-refractivity contribution >= 4 is 34.8 Å². The number of hydrogen-bond acceptors (Lipinski definition) is 9. The van der Waals surface area contributed by atoms with Crippen LogP contribution in [-0.2, 0) is 4.74 Å². The van der Waals surface area contributed by atoms with Crippen molar-refractivity contribution in [2.45, 2.75) is 6.92 Å². The van der Waals surface area contributed by atoms with Gasteiger partial charge in [0.05, 0.1) is 12.2 Å². The first kappa shape index (κ1) is 20.4. The molecule has 2 aromatic heterocycles. The molecule has 1 saturated heterocycles. The second kappa shape index (κ2) is 9.29. The highest BCUT2D eigenvalue weighted by Crippen LogP contribution is 2.29. The first-order valence-electron chi connectivity index (χ1n) is 10.2. The van der Waals surface area contributed by atoms with E-state index in [0.29, 0.717) is 29.5 Å². The first-order chi connectivity index (χ1) is 15.2. The summed E-state index contributed by atoms with van der Waals surface area (Å²) in [4.78, 5) is 29.3. The van der Waals surface area contributed by atoms with Crippen LogP contribution in [0.1, 0.15) is 17.3 Å². The number of nitrogen functional groups attached to an aromatic ring is 1. The minimum atomic E-state index is -0.345. The number of aromatic nitrogens is 3. The smallest absolute Gasteiger partial charge is 0.338 e. The number of ether oxygens (including phenoxy) is 1. The molecule has 9 nitrogen and oxygen atoms in total. The molecule has 1 fully saturated rings. The highest BCUT2D eigenvalue weighted by atomic mass is 16.5. The summed E-state index contributed by atoms with van der Waals surface area (Å²) in [6.07, 6.45) is 3.31. The standard InChI is InChI=1S/C22H25N7O2/c1-2-31-22(30)16-6-8-17(9-7-16)27-20-19(23)21(26-15-25-20)29-13-11-28(12-14-29)18-5-3-4-10-24-18/h3-10,15H,2,11-14,23H2,1H3,(H,25,26,27). The lowest BCUT2D eigenvalue weighted by Gasteiger charge is -2.36. The fraction of sp³-hybridized carbons (Fsp3) is 0.273. The van der Waals surface area contributed by atoms with Crippen LogP contribution >= 0.6 is 0 Å². The normalized spacial score (nSPS) is 13.7. The number of anilines is 5. The number of nitrogens with one attached hydrogen (secondary N) is 1. The lowest BCUT2D eigenvalue weighted by Crippen LogP contribution is -2.47. The molecule has 9 heteroatoms. The van der Waals surface area contributed by atoms with Gasteiger partial charge in [-0.25, -0.2) is 19.7 Å². The van der Waals surface area contributed by atoms with Crippen LogP contribution in [-0.4, -0.2) is 53.7 Å². The fourth-order valence-electron chi connectivity index (χ4n) is 3.47. The number of benzene rings is 1. The molecule has 0 spiro atoms. The Hall–Kier alpha value is -3.88.